The molecule has 0 radical (unpaired) electrons. The van der Waals surface area contributed by atoms with Gasteiger partial charge in [0.25, 0.3) is 0 Å². The first-order chi connectivity index (χ1) is 12.5. The van der Waals surface area contributed by atoms with E-state index in [-0.39, 0.29) is 18.9 Å². The Bertz CT molecular complexity index is 1030. The van der Waals surface area contributed by atoms with Crippen molar-refractivity contribution in [1.82, 2.24) is 4.57 Å². The van der Waals surface area contributed by atoms with Gasteiger partial charge in [-0.2, -0.15) is 0 Å². The van der Waals surface area contributed by atoms with Crippen molar-refractivity contribution in [3.8, 4) is 5.75 Å². The SMILES string of the molecule is O=C(O)Oc1cn(CCO)c2ccc(Cc3ccccc3Cl)cc2c1=O. The van der Waals surface area contributed by atoms with Crippen molar-refractivity contribution in [1.29, 1.82) is 0 Å². The molecule has 0 spiro atoms. The van der Waals surface area contributed by atoms with E-state index in [4.69, 9.17) is 16.7 Å². The average molecular weight is 374 g/mol. The third-order valence-corrected chi connectivity index (χ3v) is 4.37. The van der Waals surface area contributed by atoms with E-state index in [9.17, 15) is 14.7 Å². The molecule has 0 saturated carbocycles. The second kappa shape index (κ2) is 7.59. The molecule has 1 heterocycles. The number of pyridine rings is 1. The molecule has 0 saturated heterocycles. The molecule has 7 heteroatoms. The molecule has 0 aliphatic heterocycles. The van der Waals surface area contributed by atoms with Crippen LogP contribution in [0, 0.1) is 0 Å². The van der Waals surface area contributed by atoms with E-state index < -0.39 is 11.6 Å². The number of aliphatic hydroxyl groups excluding tert-OH is 1. The number of benzene rings is 2. The average Bonchev–Trinajstić information content (AvgIpc) is 2.61. The van der Waals surface area contributed by atoms with E-state index in [0.29, 0.717) is 22.3 Å². The van der Waals surface area contributed by atoms with Crippen LogP contribution in [0.5, 0.6) is 5.75 Å². The molecule has 2 N–H and O–H groups in total. The molecule has 134 valence electrons. The van der Waals surface area contributed by atoms with Crippen molar-refractivity contribution >= 4 is 28.7 Å². The summed E-state index contributed by atoms with van der Waals surface area (Å²) >= 11 is 6.19. The highest BCUT2D eigenvalue weighted by Crippen LogP contribution is 2.22. The second-order valence-electron chi connectivity index (χ2n) is 5.73. The lowest BCUT2D eigenvalue weighted by atomic mass is 10.0. The number of aromatic nitrogens is 1. The van der Waals surface area contributed by atoms with Crippen LogP contribution in [0.3, 0.4) is 0 Å². The Balaban J connectivity index is 2.12. The van der Waals surface area contributed by atoms with Crippen LogP contribution in [-0.4, -0.2) is 27.5 Å². The van der Waals surface area contributed by atoms with E-state index in [2.05, 4.69) is 4.74 Å². The molecular weight excluding hydrogens is 358 g/mol. The first kappa shape index (κ1) is 18.0. The number of aliphatic hydroxyl groups is 1. The first-order valence-electron chi connectivity index (χ1n) is 7.90. The van der Waals surface area contributed by atoms with Crippen LogP contribution in [0.15, 0.2) is 53.5 Å². The number of ether oxygens (including phenoxy) is 1. The molecule has 0 fully saturated rings. The molecule has 0 bridgehead atoms. The Morgan fingerprint density at radius 3 is 2.65 bits per heavy atom. The zero-order valence-electron chi connectivity index (χ0n) is 13.7. The lowest BCUT2D eigenvalue weighted by Gasteiger charge is -2.13. The maximum Gasteiger partial charge on any atom is 0.511 e. The Morgan fingerprint density at radius 2 is 1.96 bits per heavy atom. The highest BCUT2D eigenvalue weighted by molar-refractivity contribution is 6.31. The molecule has 3 aromatic rings. The Morgan fingerprint density at radius 1 is 1.19 bits per heavy atom. The summed E-state index contributed by atoms with van der Waals surface area (Å²) in [5, 5.41) is 19.0. The Labute approximate surface area is 153 Å². The van der Waals surface area contributed by atoms with Gasteiger partial charge in [0.15, 0.2) is 5.75 Å². The number of nitrogens with zero attached hydrogens (tertiary/aromatic N) is 1. The molecule has 0 atom stereocenters. The van der Waals surface area contributed by atoms with Gasteiger partial charge in [-0.25, -0.2) is 4.79 Å². The maximum absolute atomic E-state index is 12.6. The van der Waals surface area contributed by atoms with Crippen LogP contribution in [0.25, 0.3) is 10.9 Å². The van der Waals surface area contributed by atoms with E-state index >= 15 is 0 Å². The second-order valence-corrected chi connectivity index (χ2v) is 6.13. The molecule has 6 nitrogen and oxygen atoms in total. The number of halogens is 1. The summed E-state index contributed by atoms with van der Waals surface area (Å²) in [7, 11) is 0. The third-order valence-electron chi connectivity index (χ3n) is 4.00. The van der Waals surface area contributed by atoms with Crippen molar-refractivity contribution in [3.63, 3.8) is 0 Å². The van der Waals surface area contributed by atoms with Crippen molar-refractivity contribution in [2.75, 3.05) is 6.61 Å². The Hall–Kier alpha value is -2.83. The highest BCUT2D eigenvalue weighted by Gasteiger charge is 2.14. The third kappa shape index (κ3) is 3.71. The summed E-state index contributed by atoms with van der Waals surface area (Å²) in [5.74, 6) is -0.298. The lowest BCUT2D eigenvalue weighted by Crippen LogP contribution is -2.17. The van der Waals surface area contributed by atoms with Gasteiger partial charge >= 0.3 is 6.16 Å². The van der Waals surface area contributed by atoms with Gasteiger partial charge in [0.05, 0.1) is 18.3 Å². The minimum Gasteiger partial charge on any atom is -0.449 e. The molecule has 0 aliphatic rings. The van der Waals surface area contributed by atoms with Gasteiger partial charge in [-0.15, -0.1) is 0 Å². The molecular formula is C19H16ClNO5. The molecule has 0 amide bonds. The molecule has 26 heavy (non-hydrogen) atoms. The largest absolute Gasteiger partial charge is 0.511 e. The number of carboxylic acid groups (broad SMARTS) is 1. The van der Waals surface area contributed by atoms with Crippen LogP contribution >= 0.6 is 11.6 Å². The van der Waals surface area contributed by atoms with Gasteiger partial charge in [0.2, 0.25) is 5.43 Å². The molecule has 0 aliphatic carbocycles. The minimum atomic E-state index is -1.57. The van der Waals surface area contributed by atoms with Gasteiger partial charge in [0, 0.05) is 17.0 Å². The number of hydrogen-bond acceptors (Lipinski definition) is 4. The topological polar surface area (TPSA) is 88.8 Å². The van der Waals surface area contributed by atoms with Gasteiger partial charge in [-0.05, 0) is 35.7 Å². The van der Waals surface area contributed by atoms with Gasteiger partial charge in [0.1, 0.15) is 0 Å². The summed E-state index contributed by atoms with van der Waals surface area (Å²) in [6.07, 6.45) is 0.256. The summed E-state index contributed by atoms with van der Waals surface area (Å²) < 4.78 is 6.19. The van der Waals surface area contributed by atoms with E-state index in [1.165, 1.54) is 6.20 Å². The number of fused-ring (bicyclic) bond motifs is 1. The zero-order valence-corrected chi connectivity index (χ0v) is 14.4. The standard InChI is InChI=1S/C19H16ClNO5/c20-15-4-2-1-3-13(15)9-12-5-6-16-14(10-12)18(23)17(26-19(24)25)11-21(16)7-8-22/h1-6,10-11,22H,7-9H2,(H,24,25). The fraction of sp³-hybridized carbons (Fsp3) is 0.158. The molecule has 3 rings (SSSR count). The zero-order chi connectivity index (χ0) is 18.7. The fourth-order valence-corrected chi connectivity index (χ4v) is 3.05. The number of carbonyl (C=O) groups is 1. The highest BCUT2D eigenvalue weighted by atomic mass is 35.5. The number of rotatable bonds is 5. The van der Waals surface area contributed by atoms with E-state index in [0.717, 1.165) is 11.1 Å². The minimum absolute atomic E-state index is 0.161. The van der Waals surface area contributed by atoms with E-state index in [1.54, 1.807) is 22.8 Å². The summed E-state index contributed by atoms with van der Waals surface area (Å²) in [5.41, 5.74) is 1.84. The van der Waals surface area contributed by atoms with Gasteiger partial charge in [-0.1, -0.05) is 35.9 Å². The van der Waals surface area contributed by atoms with Crippen molar-refractivity contribution in [2.45, 2.75) is 13.0 Å². The van der Waals surface area contributed by atoms with Crippen LogP contribution < -0.4 is 10.2 Å². The number of hydrogen-bond donors (Lipinski definition) is 2. The summed E-state index contributed by atoms with van der Waals surface area (Å²) in [6, 6.07) is 12.8. The molecule has 1 aromatic heterocycles. The lowest BCUT2D eigenvalue weighted by molar-refractivity contribution is 0.143. The fourth-order valence-electron chi connectivity index (χ4n) is 2.85. The van der Waals surface area contributed by atoms with Crippen LogP contribution in [0.1, 0.15) is 11.1 Å². The smallest absolute Gasteiger partial charge is 0.449 e. The normalized spacial score (nSPS) is 10.8. The van der Waals surface area contributed by atoms with Crippen molar-refractivity contribution in [3.05, 3.63) is 75.0 Å². The summed E-state index contributed by atoms with van der Waals surface area (Å²) in [4.78, 5) is 23.4. The summed E-state index contributed by atoms with van der Waals surface area (Å²) in [6.45, 7) is 0.0441. The molecule has 0 unspecified atom stereocenters. The van der Waals surface area contributed by atoms with Gasteiger partial charge < -0.3 is 19.5 Å². The van der Waals surface area contributed by atoms with Crippen LogP contribution in [-0.2, 0) is 13.0 Å². The van der Waals surface area contributed by atoms with E-state index in [1.807, 2.05) is 24.3 Å². The van der Waals surface area contributed by atoms with Crippen molar-refractivity contribution in [2.24, 2.45) is 0 Å². The monoisotopic (exact) mass is 373 g/mol. The first-order valence-corrected chi connectivity index (χ1v) is 8.28. The van der Waals surface area contributed by atoms with Crippen LogP contribution in [0.4, 0.5) is 4.79 Å². The van der Waals surface area contributed by atoms with Gasteiger partial charge in [-0.3, -0.25) is 4.79 Å². The van der Waals surface area contributed by atoms with Crippen molar-refractivity contribution < 1.29 is 19.7 Å². The quantitative estimate of drug-likeness (QED) is 0.670. The molecule has 2 aromatic carbocycles. The predicted octanol–water partition coefficient (Wildman–Crippen LogP) is 3.29. The Kier molecular flexibility index (Phi) is 5.25. The van der Waals surface area contributed by atoms with Crippen LogP contribution in [0.2, 0.25) is 5.02 Å². The predicted molar refractivity (Wildman–Crippen MR) is 98.2 cm³/mol. The maximum atomic E-state index is 12.6.